The molecule has 0 fully saturated rings. The third kappa shape index (κ3) is 3.19. The number of nitrogens with zero attached hydrogens (tertiary/aromatic N) is 3. The van der Waals surface area contributed by atoms with Crippen LogP contribution in [0, 0.1) is 0 Å². The maximum atomic E-state index is 14.7. The highest BCUT2D eigenvalue weighted by atomic mass is 35.5. The molecule has 2 aliphatic rings. The van der Waals surface area contributed by atoms with Gasteiger partial charge in [-0.05, 0) is 41.3 Å². The molecule has 0 saturated heterocycles. The number of halogens is 3. The Morgan fingerprint density at radius 3 is 2.54 bits per heavy atom. The molecule has 2 unspecified atom stereocenters. The lowest BCUT2D eigenvalue weighted by molar-refractivity contribution is 0.291. The van der Waals surface area contributed by atoms with Crippen LogP contribution in [0.2, 0.25) is 5.02 Å². The summed E-state index contributed by atoms with van der Waals surface area (Å²) in [7, 11) is -1.19. The molecule has 0 radical (unpaired) electrons. The van der Waals surface area contributed by atoms with Crippen LogP contribution in [-0.4, -0.2) is 47.8 Å². The molecule has 2 aromatic carbocycles. The van der Waals surface area contributed by atoms with Gasteiger partial charge in [-0.3, -0.25) is 4.57 Å². The third-order valence-electron chi connectivity index (χ3n) is 5.67. The van der Waals surface area contributed by atoms with E-state index in [0.29, 0.717) is 36.4 Å². The minimum atomic E-state index is -3.09. The van der Waals surface area contributed by atoms with Gasteiger partial charge in [0.2, 0.25) is 0 Å². The Balaban J connectivity index is 1.94. The molecule has 28 heavy (non-hydrogen) atoms. The molecule has 0 aliphatic carbocycles. The van der Waals surface area contributed by atoms with Gasteiger partial charge in [-0.2, -0.15) is 0 Å². The summed E-state index contributed by atoms with van der Waals surface area (Å²) in [5.74, 6) is 0.800. The smallest absolute Gasteiger partial charge is 0.302 e. The lowest BCUT2D eigenvalue weighted by Gasteiger charge is -2.53. The Morgan fingerprint density at radius 1 is 1.11 bits per heavy atom. The van der Waals surface area contributed by atoms with Gasteiger partial charge in [-0.1, -0.05) is 35.9 Å². The summed E-state index contributed by atoms with van der Waals surface area (Å²) in [6, 6.07) is 14.1. The first kappa shape index (κ1) is 20.5. The zero-order valence-electron chi connectivity index (χ0n) is 15.7. The van der Waals surface area contributed by atoms with E-state index in [2.05, 4.69) is 22.9 Å². The van der Waals surface area contributed by atoms with Crippen LogP contribution in [0.4, 0.5) is 5.69 Å². The second-order valence-corrected chi connectivity index (χ2v) is 11.0. The lowest BCUT2D eigenvalue weighted by Crippen LogP contribution is -2.48. The summed E-state index contributed by atoms with van der Waals surface area (Å²) in [4.78, 5) is 0. The quantitative estimate of drug-likeness (QED) is 0.429. The van der Waals surface area contributed by atoms with Crippen LogP contribution in [0.15, 0.2) is 42.5 Å². The highest BCUT2D eigenvalue weighted by molar-refractivity contribution is 7.60. The van der Waals surface area contributed by atoms with Gasteiger partial charge >= 0.3 is 7.59 Å². The van der Waals surface area contributed by atoms with E-state index in [1.165, 1.54) is 11.1 Å². The zero-order valence-corrected chi connectivity index (χ0v) is 18.9. The molecule has 2 aromatic rings. The summed E-state index contributed by atoms with van der Waals surface area (Å²) in [6.07, 6.45) is 0.857. The molecule has 0 saturated carbocycles. The minimum absolute atomic E-state index is 0.103. The summed E-state index contributed by atoms with van der Waals surface area (Å²) in [6.45, 7) is 1.74. The third-order valence-corrected chi connectivity index (χ3v) is 9.48. The van der Waals surface area contributed by atoms with Crippen LogP contribution in [0.3, 0.4) is 0 Å². The van der Waals surface area contributed by atoms with Crippen LogP contribution in [0.25, 0.3) is 0 Å². The summed E-state index contributed by atoms with van der Waals surface area (Å²) < 4.78 is 20.7. The van der Waals surface area contributed by atoms with Crippen LogP contribution in [-0.2, 0) is 11.0 Å². The van der Waals surface area contributed by atoms with Crippen molar-refractivity contribution in [3.8, 4) is 0 Å². The van der Waals surface area contributed by atoms with Crippen molar-refractivity contribution in [1.29, 1.82) is 0 Å². The lowest BCUT2D eigenvalue weighted by atomic mass is 9.89. The van der Waals surface area contributed by atoms with E-state index in [9.17, 15) is 4.57 Å². The van der Waals surface area contributed by atoms with Gasteiger partial charge in [0.1, 0.15) is 0 Å². The van der Waals surface area contributed by atoms with Gasteiger partial charge in [-0.25, -0.2) is 9.34 Å². The fraction of sp³-hybridized carbons (Fsp3) is 0.400. The fourth-order valence-corrected chi connectivity index (χ4v) is 8.40. The van der Waals surface area contributed by atoms with Crippen LogP contribution < -0.4 is 4.67 Å². The van der Waals surface area contributed by atoms with E-state index in [0.717, 1.165) is 17.7 Å². The summed E-state index contributed by atoms with van der Waals surface area (Å²) >= 11 is 18.5. The fourth-order valence-electron chi connectivity index (χ4n) is 4.43. The monoisotopic (exact) mass is 457 g/mol. The first-order valence-electron chi connectivity index (χ1n) is 9.38. The van der Waals surface area contributed by atoms with E-state index in [1.54, 1.807) is 0 Å². The molecule has 0 amide bonds. The molecular formula is C20H23Cl3N3OP. The largest absolute Gasteiger partial charge is 0.311 e. The van der Waals surface area contributed by atoms with E-state index in [-0.39, 0.29) is 6.04 Å². The Kier molecular flexibility index (Phi) is 6.00. The molecule has 0 spiro atoms. The second-order valence-electron chi connectivity index (χ2n) is 7.09. The van der Waals surface area contributed by atoms with Crippen LogP contribution >= 0.6 is 42.4 Å². The second kappa shape index (κ2) is 8.18. The molecule has 0 N–H and O–H groups in total. The van der Waals surface area contributed by atoms with Crippen molar-refractivity contribution in [2.45, 2.75) is 12.5 Å². The first-order chi connectivity index (χ1) is 13.5. The van der Waals surface area contributed by atoms with Crippen molar-refractivity contribution in [3.05, 3.63) is 64.2 Å². The van der Waals surface area contributed by atoms with Crippen molar-refractivity contribution >= 4 is 48.1 Å². The highest BCUT2D eigenvalue weighted by Gasteiger charge is 2.51. The van der Waals surface area contributed by atoms with Crippen LogP contribution in [0.1, 0.15) is 22.7 Å². The van der Waals surface area contributed by atoms with Crippen molar-refractivity contribution in [2.75, 3.05) is 43.1 Å². The zero-order chi connectivity index (χ0) is 19.9. The number of hydrogen-bond acceptors (Lipinski definition) is 1. The molecule has 2 atom stereocenters. The van der Waals surface area contributed by atoms with Crippen molar-refractivity contribution in [2.24, 2.45) is 0 Å². The van der Waals surface area contributed by atoms with E-state index in [4.69, 9.17) is 34.8 Å². The molecule has 0 aromatic heterocycles. The molecular weight excluding hydrogens is 436 g/mol. The predicted octanol–water partition coefficient (Wildman–Crippen LogP) is 5.63. The molecule has 2 heterocycles. The Hall–Kier alpha value is -0.740. The molecule has 4 nitrogen and oxygen atoms in total. The molecule has 150 valence electrons. The topological polar surface area (TPSA) is 26.8 Å². The van der Waals surface area contributed by atoms with Crippen molar-refractivity contribution in [3.63, 3.8) is 0 Å². The van der Waals surface area contributed by atoms with Gasteiger partial charge in [0, 0.05) is 49.2 Å². The molecule has 2 aliphatic heterocycles. The molecule has 0 bridgehead atoms. The summed E-state index contributed by atoms with van der Waals surface area (Å²) in [5.41, 5.74) is 4.53. The SMILES string of the molecule is CN1c2ccc(Cl)cc2C2c3ccccc3CCN2P1(=O)N(CCCl)CCCl. The maximum Gasteiger partial charge on any atom is 0.311 e. The van der Waals surface area contributed by atoms with Gasteiger partial charge in [-0.15, -0.1) is 23.2 Å². The van der Waals surface area contributed by atoms with E-state index in [1.807, 2.05) is 40.7 Å². The Labute approximate surface area is 181 Å². The number of fused-ring (bicyclic) bond motifs is 5. The standard InChI is InChI=1S/C20H23Cl3N3OP/c1-24-19-7-6-16(23)14-18(19)20-17-5-3-2-4-15(17)8-11-26(20)28(24,27)25(12-9-21)13-10-22/h2-7,14,20H,8-13H2,1H3. The predicted molar refractivity (Wildman–Crippen MR) is 119 cm³/mol. The maximum absolute atomic E-state index is 14.7. The Bertz CT molecular complexity index is 919. The van der Waals surface area contributed by atoms with Crippen LogP contribution in [0.5, 0.6) is 0 Å². The van der Waals surface area contributed by atoms with Crippen molar-refractivity contribution in [1.82, 2.24) is 9.34 Å². The number of hydrogen-bond donors (Lipinski definition) is 0. The number of alkyl halides is 2. The summed E-state index contributed by atoms with van der Waals surface area (Å²) in [5, 5.41) is 0.685. The number of benzene rings is 2. The normalized spacial score (nSPS) is 24.0. The Morgan fingerprint density at radius 2 is 1.82 bits per heavy atom. The first-order valence-corrected chi connectivity index (χ1v) is 12.4. The number of rotatable bonds is 5. The van der Waals surface area contributed by atoms with E-state index >= 15 is 0 Å². The minimum Gasteiger partial charge on any atom is -0.302 e. The van der Waals surface area contributed by atoms with E-state index < -0.39 is 7.59 Å². The average molecular weight is 459 g/mol. The molecule has 4 rings (SSSR count). The van der Waals surface area contributed by atoms with Crippen molar-refractivity contribution < 1.29 is 4.57 Å². The van der Waals surface area contributed by atoms with Gasteiger partial charge in [0.15, 0.2) is 0 Å². The van der Waals surface area contributed by atoms with Gasteiger partial charge in [0.05, 0.1) is 6.04 Å². The number of anilines is 1. The highest BCUT2D eigenvalue weighted by Crippen LogP contribution is 2.66. The van der Waals surface area contributed by atoms with Gasteiger partial charge in [0.25, 0.3) is 0 Å². The molecule has 8 heteroatoms. The average Bonchev–Trinajstić information content (AvgIpc) is 2.71. The van der Waals surface area contributed by atoms with Gasteiger partial charge < -0.3 is 4.67 Å².